The summed E-state index contributed by atoms with van der Waals surface area (Å²) in [4.78, 5) is 17.1. The highest BCUT2D eigenvalue weighted by Gasteiger charge is 2.06. The van der Waals surface area contributed by atoms with E-state index in [1.165, 1.54) is 12.0 Å². The molecule has 0 unspecified atom stereocenters. The van der Waals surface area contributed by atoms with Gasteiger partial charge in [-0.05, 0) is 42.8 Å². The van der Waals surface area contributed by atoms with E-state index in [2.05, 4.69) is 10.3 Å². The lowest BCUT2D eigenvalue weighted by molar-refractivity contribution is -0.113. The van der Waals surface area contributed by atoms with Gasteiger partial charge in [-0.3, -0.25) is 4.79 Å². The van der Waals surface area contributed by atoms with Crippen LogP contribution in [0, 0.1) is 6.92 Å². The SMILES string of the molecule is Cc1ccccc1SCC(=O)Nc1ccc(-c2cnco2)cc1. The van der Waals surface area contributed by atoms with Crippen LogP contribution in [0.15, 0.2) is 70.4 Å². The number of thioether (sulfide) groups is 1. The molecule has 0 aliphatic rings. The average molecular weight is 324 g/mol. The number of benzene rings is 2. The van der Waals surface area contributed by atoms with Crippen molar-refractivity contribution >= 4 is 23.4 Å². The van der Waals surface area contributed by atoms with Crippen molar-refractivity contribution in [3.63, 3.8) is 0 Å². The van der Waals surface area contributed by atoms with Crippen LogP contribution in [-0.2, 0) is 4.79 Å². The number of hydrogen-bond donors (Lipinski definition) is 1. The standard InChI is InChI=1S/C18H16N2O2S/c1-13-4-2-3-5-17(13)23-11-18(21)20-15-8-6-14(7-9-15)16-10-19-12-22-16/h2-10,12H,11H2,1H3,(H,20,21). The molecule has 0 atom stereocenters. The number of carbonyl (C=O) groups excluding carboxylic acids is 1. The summed E-state index contributed by atoms with van der Waals surface area (Å²) in [5.74, 6) is 1.07. The zero-order chi connectivity index (χ0) is 16.1. The van der Waals surface area contributed by atoms with Gasteiger partial charge in [-0.1, -0.05) is 18.2 Å². The van der Waals surface area contributed by atoms with Crippen LogP contribution in [0.3, 0.4) is 0 Å². The van der Waals surface area contributed by atoms with Gasteiger partial charge in [-0.2, -0.15) is 0 Å². The molecule has 2 aromatic carbocycles. The van der Waals surface area contributed by atoms with Gasteiger partial charge in [-0.25, -0.2) is 4.98 Å². The molecule has 0 fully saturated rings. The number of anilines is 1. The quantitative estimate of drug-likeness (QED) is 0.708. The highest BCUT2D eigenvalue weighted by molar-refractivity contribution is 8.00. The van der Waals surface area contributed by atoms with E-state index in [-0.39, 0.29) is 5.91 Å². The van der Waals surface area contributed by atoms with Crippen LogP contribution >= 0.6 is 11.8 Å². The Morgan fingerprint density at radius 1 is 1.17 bits per heavy atom. The first kappa shape index (κ1) is 15.4. The van der Waals surface area contributed by atoms with Crippen molar-refractivity contribution in [3.8, 4) is 11.3 Å². The minimum Gasteiger partial charge on any atom is -0.444 e. The fourth-order valence-corrected chi connectivity index (χ4v) is 2.96. The molecule has 4 nitrogen and oxygen atoms in total. The zero-order valence-electron chi connectivity index (χ0n) is 12.7. The van der Waals surface area contributed by atoms with E-state index in [4.69, 9.17) is 4.42 Å². The second kappa shape index (κ2) is 7.15. The zero-order valence-corrected chi connectivity index (χ0v) is 13.5. The Bertz CT molecular complexity index is 783. The molecule has 116 valence electrons. The Balaban J connectivity index is 1.57. The topological polar surface area (TPSA) is 55.1 Å². The largest absolute Gasteiger partial charge is 0.444 e. The number of oxazole rings is 1. The number of hydrogen-bond acceptors (Lipinski definition) is 4. The maximum Gasteiger partial charge on any atom is 0.234 e. The van der Waals surface area contributed by atoms with E-state index >= 15 is 0 Å². The third-order valence-electron chi connectivity index (χ3n) is 3.34. The predicted octanol–water partition coefficient (Wildman–Crippen LogP) is 4.38. The Hall–Kier alpha value is -2.53. The van der Waals surface area contributed by atoms with E-state index in [9.17, 15) is 4.79 Å². The number of carbonyl (C=O) groups is 1. The summed E-state index contributed by atoms with van der Waals surface area (Å²) in [6.45, 7) is 2.04. The Morgan fingerprint density at radius 3 is 2.65 bits per heavy atom. The molecule has 0 saturated heterocycles. The van der Waals surface area contributed by atoms with Crippen molar-refractivity contribution < 1.29 is 9.21 Å². The summed E-state index contributed by atoms with van der Waals surface area (Å²) in [6.07, 6.45) is 3.06. The van der Waals surface area contributed by atoms with Crippen LogP contribution in [0.1, 0.15) is 5.56 Å². The number of aryl methyl sites for hydroxylation is 1. The molecule has 1 amide bonds. The van der Waals surface area contributed by atoms with Gasteiger partial charge in [-0.15, -0.1) is 11.8 Å². The minimum absolute atomic E-state index is 0.0225. The van der Waals surface area contributed by atoms with E-state index < -0.39 is 0 Å². The number of nitrogens with zero attached hydrogens (tertiary/aromatic N) is 1. The summed E-state index contributed by atoms with van der Waals surface area (Å²) in [6, 6.07) is 15.5. The van der Waals surface area contributed by atoms with Gasteiger partial charge in [0.2, 0.25) is 5.91 Å². The first-order chi connectivity index (χ1) is 11.2. The van der Waals surface area contributed by atoms with Gasteiger partial charge >= 0.3 is 0 Å². The van der Waals surface area contributed by atoms with Gasteiger partial charge in [0, 0.05) is 16.1 Å². The van der Waals surface area contributed by atoms with Crippen LogP contribution < -0.4 is 5.32 Å². The molecule has 5 heteroatoms. The number of amides is 1. The van der Waals surface area contributed by atoms with Crippen LogP contribution in [0.4, 0.5) is 5.69 Å². The van der Waals surface area contributed by atoms with E-state index in [1.54, 1.807) is 18.0 Å². The summed E-state index contributed by atoms with van der Waals surface area (Å²) in [5, 5.41) is 2.90. The number of rotatable bonds is 5. The molecule has 0 bridgehead atoms. The normalized spacial score (nSPS) is 10.5. The predicted molar refractivity (Wildman–Crippen MR) is 92.5 cm³/mol. The lowest BCUT2D eigenvalue weighted by atomic mass is 10.2. The second-order valence-electron chi connectivity index (χ2n) is 5.05. The fraction of sp³-hybridized carbons (Fsp3) is 0.111. The Morgan fingerprint density at radius 2 is 1.96 bits per heavy atom. The lowest BCUT2D eigenvalue weighted by Gasteiger charge is -2.07. The summed E-state index contributed by atoms with van der Waals surface area (Å²) >= 11 is 1.54. The summed E-state index contributed by atoms with van der Waals surface area (Å²) < 4.78 is 5.24. The first-order valence-electron chi connectivity index (χ1n) is 7.19. The van der Waals surface area contributed by atoms with Crippen molar-refractivity contribution in [1.29, 1.82) is 0 Å². The molecule has 0 radical (unpaired) electrons. The molecule has 3 aromatic rings. The second-order valence-corrected chi connectivity index (χ2v) is 6.06. The van der Waals surface area contributed by atoms with Crippen LogP contribution in [-0.4, -0.2) is 16.6 Å². The molecular formula is C18H16N2O2S. The van der Waals surface area contributed by atoms with Gasteiger partial charge in [0.25, 0.3) is 0 Å². The molecule has 0 spiro atoms. The highest BCUT2D eigenvalue weighted by atomic mass is 32.2. The van der Waals surface area contributed by atoms with E-state index in [0.717, 1.165) is 16.1 Å². The van der Waals surface area contributed by atoms with E-state index in [1.807, 2.05) is 55.5 Å². The Labute approximate surface area is 138 Å². The lowest BCUT2D eigenvalue weighted by Crippen LogP contribution is -2.13. The van der Waals surface area contributed by atoms with E-state index in [0.29, 0.717) is 11.5 Å². The van der Waals surface area contributed by atoms with Crippen molar-refractivity contribution in [2.24, 2.45) is 0 Å². The first-order valence-corrected chi connectivity index (χ1v) is 8.18. The van der Waals surface area contributed by atoms with Gasteiger partial charge in [0.1, 0.15) is 0 Å². The van der Waals surface area contributed by atoms with Crippen LogP contribution in [0.25, 0.3) is 11.3 Å². The third-order valence-corrected chi connectivity index (χ3v) is 4.51. The summed E-state index contributed by atoms with van der Waals surface area (Å²) in [5.41, 5.74) is 2.88. The molecule has 23 heavy (non-hydrogen) atoms. The highest BCUT2D eigenvalue weighted by Crippen LogP contribution is 2.23. The van der Waals surface area contributed by atoms with Gasteiger partial charge in [0.05, 0.1) is 11.9 Å². The van der Waals surface area contributed by atoms with Gasteiger partial charge in [0.15, 0.2) is 12.2 Å². The Kier molecular flexibility index (Phi) is 4.78. The van der Waals surface area contributed by atoms with Crippen molar-refractivity contribution in [1.82, 2.24) is 4.98 Å². The van der Waals surface area contributed by atoms with Crippen molar-refractivity contribution in [2.45, 2.75) is 11.8 Å². The van der Waals surface area contributed by atoms with Crippen molar-refractivity contribution in [3.05, 3.63) is 66.7 Å². The molecule has 0 saturated carbocycles. The monoisotopic (exact) mass is 324 g/mol. The molecule has 1 aromatic heterocycles. The number of aromatic nitrogens is 1. The third kappa shape index (κ3) is 4.02. The number of nitrogens with one attached hydrogen (secondary N) is 1. The van der Waals surface area contributed by atoms with Gasteiger partial charge < -0.3 is 9.73 Å². The smallest absolute Gasteiger partial charge is 0.234 e. The molecule has 3 rings (SSSR count). The molecular weight excluding hydrogens is 308 g/mol. The minimum atomic E-state index is -0.0225. The fourth-order valence-electron chi connectivity index (χ4n) is 2.13. The maximum absolute atomic E-state index is 12.1. The maximum atomic E-state index is 12.1. The molecule has 1 heterocycles. The molecule has 0 aliphatic carbocycles. The van der Waals surface area contributed by atoms with Crippen molar-refractivity contribution in [2.75, 3.05) is 11.1 Å². The molecule has 1 N–H and O–H groups in total. The van der Waals surface area contributed by atoms with Crippen LogP contribution in [0.2, 0.25) is 0 Å². The van der Waals surface area contributed by atoms with Crippen LogP contribution in [0.5, 0.6) is 0 Å². The average Bonchev–Trinajstić information content (AvgIpc) is 3.09. The summed E-state index contributed by atoms with van der Waals surface area (Å²) in [7, 11) is 0. The molecule has 0 aliphatic heterocycles.